The van der Waals surface area contributed by atoms with E-state index in [0.717, 1.165) is 23.3 Å². The first kappa shape index (κ1) is 52.1. The van der Waals surface area contributed by atoms with Gasteiger partial charge in [-0.1, -0.05) is 134 Å². The SMILES string of the molecule is C=C(C)/C(=C\C1=C(C)C(C)(C)CCC1(C)C)N1c2cc(C34CC5CC(CC(C5)C3)C4)cc3c2B(c2cc4c(cc2N3c2cc3c(cc2C)C(C)(C)CCC3(C)C)C(C)(C)CCC4(C)C)c2sc3ccc(C(C)(C)C)cc3c21. The maximum Gasteiger partial charge on any atom is 0.264 e. The predicted molar refractivity (Wildman–Crippen MR) is 336 cm³/mol. The summed E-state index contributed by atoms with van der Waals surface area (Å²) in [6.45, 7) is 49.7. The van der Waals surface area contributed by atoms with Gasteiger partial charge in [-0.15, -0.1) is 11.3 Å². The quantitative estimate of drug-likeness (QED) is 0.125. The molecular weight excluding hydrogens is 948 g/mol. The highest BCUT2D eigenvalue weighted by Crippen LogP contribution is 2.63. The average Bonchev–Trinajstić information content (AvgIpc) is 4.01. The summed E-state index contributed by atoms with van der Waals surface area (Å²) in [6.07, 6.45) is 18.1. The molecule has 7 aliphatic carbocycles. The van der Waals surface area contributed by atoms with Crippen LogP contribution in [0, 0.1) is 35.5 Å². The first-order valence-corrected chi connectivity index (χ1v) is 31.4. The van der Waals surface area contributed by atoms with E-state index in [9.17, 15) is 0 Å². The van der Waals surface area contributed by atoms with Gasteiger partial charge in [0.15, 0.2) is 0 Å². The van der Waals surface area contributed by atoms with Crippen LogP contribution in [-0.2, 0) is 32.5 Å². The first-order valence-electron chi connectivity index (χ1n) is 30.6. The third-order valence-corrected chi connectivity index (χ3v) is 24.3. The molecule has 0 radical (unpaired) electrons. The Bertz CT molecular complexity index is 3420. The zero-order chi connectivity index (χ0) is 54.9. The van der Waals surface area contributed by atoms with Crippen LogP contribution in [-0.4, -0.2) is 6.71 Å². The molecule has 4 heteroatoms. The van der Waals surface area contributed by atoms with Crippen LogP contribution in [0.2, 0.25) is 0 Å². The molecule has 4 bridgehead atoms. The summed E-state index contributed by atoms with van der Waals surface area (Å²) in [5.41, 5.74) is 26.6. The zero-order valence-corrected chi connectivity index (χ0v) is 51.9. The lowest BCUT2D eigenvalue weighted by Crippen LogP contribution is -2.61. The number of rotatable bonds is 5. The zero-order valence-electron chi connectivity index (χ0n) is 51.1. The number of anilines is 5. The normalized spacial score (nSPS) is 27.5. The summed E-state index contributed by atoms with van der Waals surface area (Å²) in [4.78, 5) is 5.73. The highest BCUT2D eigenvalue weighted by atomic mass is 32.1. The predicted octanol–water partition coefficient (Wildman–Crippen LogP) is 19.0. The lowest BCUT2D eigenvalue weighted by molar-refractivity contribution is -0.00514. The second-order valence-electron chi connectivity index (χ2n) is 32.3. The van der Waals surface area contributed by atoms with Gasteiger partial charge in [-0.25, -0.2) is 0 Å². The number of hydrogen-bond acceptors (Lipinski definition) is 3. The fraction of sp³-hybridized carbons (Fsp3) is 0.562. The van der Waals surface area contributed by atoms with Crippen molar-refractivity contribution in [3.05, 3.63) is 129 Å². The molecule has 1 aromatic heterocycles. The summed E-state index contributed by atoms with van der Waals surface area (Å²) in [7, 11) is 0. The van der Waals surface area contributed by atoms with Crippen molar-refractivity contribution in [3.63, 3.8) is 0 Å². The Labute approximate surface area is 470 Å². The molecule has 4 fully saturated rings. The molecule has 14 rings (SSSR count). The Balaban J connectivity index is 1.21. The Morgan fingerprint density at radius 3 is 1.68 bits per heavy atom. The Morgan fingerprint density at radius 2 is 1.12 bits per heavy atom. The van der Waals surface area contributed by atoms with Crippen LogP contribution in [0.3, 0.4) is 0 Å². The van der Waals surface area contributed by atoms with E-state index in [-0.39, 0.29) is 50.0 Å². The van der Waals surface area contributed by atoms with Crippen molar-refractivity contribution in [1.82, 2.24) is 0 Å². The van der Waals surface area contributed by atoms with E-state index in [1.165, 1.54) is 159 Å². The van der Waals surface area contributed by atoms with Crippen LogP contribution in [0.5, 0.6) is 0 Å². The van der Waals surface area contributed by atoms with Crippen LogP contribution in [0.25, 0.3) is 10.1 Å². The summed E-state index contributed by atoms with van der Waals surface area (Å²) in [6, 6.07) is 24.1. The molecule has 3 heterocycles. The van der Waals surface area contributed by atoms with E-state index in [2.05, 4.69) is 206 Å². The minimum absolute atomic E-state index is 0.00217. The van der Waals surface area contributed by atoms with Gasteiger partial charge in [0, 0.05) is 43.3 Å². The highest BCUT2D eigenvalue weighted by molar-refractivity contribution is 7.33. The van der Waals surface area contributed by atoms with Crippen molar-refractivity contribution in [2.24, 2.45) is 28.6 Å². The smallest absolute Gasteiger partial charge is 0.264 e. The van der Waals surface area contributed by atoms with Crippen LogP contribution in [0.1, 0.15) is 234 Å². The van der Waals surface area contributed by atoms with Crippen molar-refractivity contribution < 1.29 is 0 Å². The van der Waals surface area contributed by atoms with Gasteiger partial charge >= 0.3 is 0 Å². The molecule has 404 valence electrons. The monoisotopic (exact) mass is 1040 g/mol. The van der Waals surface area contributed by atoms with Gasteiger partial charge in [0.25, 0.3) is 6.71 Å². The molecule has 4 aromatic carbocycles. The number of allylic oxidation sites excluding steroid dienone is 4. The van der Waals surface area contributed by atoms with Crippen LogP contribution in [0.4, 0.5) is 28.4 Å². The van der Waals surface area contributed by atoms with Crippen LogP contribution >= 0.6 is 11.3 Å². The van der Waals surface area contributed by atoms with E-state index < -0.39 is 0 Å². The highest BCUT2D eigenvalue weighted by Gasteiger charge is 2.55. The number of fused-ring (bicyclic) bond motifs is 8. The van der Waals surface area contributed by atoms with E-state index in [1.54, 1.807) is 27.8 Å². The van der Waals surface area contributed by atoms with E-state index in [0.29, 0.717) is 0 Å². The van der Waals surface area contributed by atoms with Crippen molar-refractivity contribution in [3.8, 4) is 0 Å². The molecule has 2 aliphatic heterocycles. The van der Waals surface area contributed by atoms with Crippen molar-refractivity contribution in [1.29, 1.82) is 0 Å². The molecule has 0 atom stereocenters. The van der Waals surface area contributed by atoms with E-state index in [1.807, 2.05) is 0 Å². The second-order valence-corrected chi connectivity index (χ2v) is 33.4. The summed E-state index contributed by atoms with van der Waals surface area (Å²) < 4.78 is 2.88. The second kappa shape index (κ2) is 16.4. The Kier molecular flexibility index (Phi) is 11.1. The van der Waals surface area contributed by atoms with Gasteiger partial charge in [0.05, 0.1) is 5.69 Å². The van der Waals surface area contributed by atoms with Crippen molar-refractivity contribution in [2.45, 2.75) is 234 Å². The molecule has 0 saturated heterocycles. The minimum Gasteiger partial charge on any atom is -0.311 e. The van der Waals surface area contributed by atoms with Gasteiger partial charge in [0.2, 0.25) is 0 Å². The van der Waals surface area contributed by atoms with Gasteiger partial charge in [-0.05, 0) is 262 Å². The lowest BCUT2D eigenvalue weighted by Gasteiger charge is -2.57. The first-order chi connectivity index (χ1) is 35.8. The van der Waals surface area contributed by atoms with Crippen LogP contribution in [0.15, 0.2) is 89.7 Å². The summed E-state index contributed by atoms with van der Waals surface area (Å²) in [5.74, 6) is 2.50. The maximum absolute atomic E-state index is 5.04. The van der Waals surface area contributed by atoms with Crippen LogP contribution < -0.4 is 25.5 Å². The standard InChI is InChI=1S/C73H93BN2S/c1-42(2)57(36-51-44(4)67(8,9)22-23-68(51,10)11)76-61-34-49(73-39-45-29-46(40-73)31-47(30-45)41-73)33-60-63(61)74(65-64(76)50-32-48(66(5,6)7)20-21-62(50)77-65)56-35-53-55(72(18,19)27-25-70(53,14)15)38-59(56)75(60)58-37-54-52(28-43(58)3)69(12,13)24-26-71(54,16)17/h20-21,28,32-38,45-47H,1,22-27,29-31,39-41H2,2-19H3/b57-36+. The fourth-order valence-corrected chi connectivity index (χ4v) is 19.2. The Hall–Kier alpha value is -4.28. The minimum atomic E-state index is -0.00217. The summed E-state index contributed by atoms with van der Waals surface area (Å²) in [5, 5.41) is 1.39. The van der Waals surface area contributed by atoms with Gasteiger partial charge in [-0.3, -0.25) is 0 Å². The van der Waals surface area contributed by atoms with Gasteiger partial charge in [0.1, 0.15) is 0 Å². The van der Waals surface area contributed by atoms with E-state index in [4.69, 9.17) is 6.58 Å². The third-order valence-electron chi connectivity index (χ3n) is 23.0. The lowest BCUT2D eigenvalue weighted by atomic mass is 9.35. The molecule has 9 aliphatic rings. The van der Waals surface area contributed by atoms with Gasteiger partial charge in [-0.2, -0.15) is 0 Å². The van der Waals surface area contributed by atoms with Crippen molar-refractivity contribution in [2.75, 3.05) is 9.80 Å². The third kappa shape index (κ3) is 7.71. The molecule has 77 heavy (non-hydrogen) atoms. The average molecular weight is 1040 g/mol. The molecule has 0 unspecified atom stereocenters. The molecule has 2 nitrogen and oxygen atoms in total. The topological polar surface area (TPSA) is 6.48 Å². The summed E-state index contributed by atoms with van der Waals surface area (Å²) >= 11 is 2.08. The number of aryl methyl sites for hydroxylation is 1. The number of nitrogens with zero attached hydrogens (tertiary/aromatic N) is 2. The molecule has 0 amide bonds. The van der Waals surface area contributed by atoms with Crippen molar-refractivity contribution >= 4 is 72.3 Å². The molecule has 0 N–H and O–H groups in total. The maximum atomic E-state index is 5.04. The fourth-order valence-electron chi connectivity index (χ4n) is 17.9. The Morgan fingerprint density at radius 1 is 0.610 bits per heavy atom. The molecule has 5 aromatic rings. The van der Waals surface area contributed by atoms with E-state index >= 15 is 0 Å². The molecule has 4 saturated carbocycles. The van der Waals surface area contributed by atoms with Gasteiger partial charge < -0.3 is 9.80 Å². The molecular formula is C73H93BN2S. The number of benzene rings is 4. The largest absolute Gasteiger partial charge is 0.311 e. The number of thiophene rings is 1. The molecule has 0 spiro atoms. The number of hydrogen-bond donors (Lipinski definition) is 0.